The molecule has 2 rings (SSSR count). The second kappa shape index (κ2) is 4.83. The summed E-state index contributed by atoms with van der Waals surface area (Å²) < 4.78 is 13.9. The lowest BCUT2D eigenvalue weighted by molar-refractivity contribution is 0.398. The van der Waals surface area contributed by atoms with E-state index in [9.17, 15) is 4.39 Å². The molecule has 0 aromatic heterocycles. The van der Waals surface area contributed by atoms with Crippen molar-refractivity contribution in [3.8, 4) is 0 Å². The van der Waals surface area contributed by atoms with Gasteiger partial charge in [-0.2, -0.15) is 0 Å². The normalized spacial score (nSPS) is 15.9. The van der Waals surface area contributed by atoms with Gasteiger partial charge in [-0.1, -0.05) is 6.07 Å². The molecule has 0 amide bonds. The summed E-state index contributed by atoms with van der Waals surface area (Å²) in [5, 5.41) is 3.02. The van der Waals surface area contributed by atoms with E-state index in [0.29, 0.717) is 12.6 Å². The topological polar surface area (TPSA) is 15.3 Å². The monoisotopic (exact) mass is 222 g/mol. The zero-order valence-corrected chi connectivity index (χ0v) is 9.96. The molecule has 1 aromatic rings. The summed E-state index contributed by atoms with van der Waals surface area (Å²) in [5.74, 6) is -0.109. The highest BCUT2D eigenvalue weighted by atomic mass is 19.1. The van der Waals surface area contributed by atoms with Gasteiger partial charge in [0, 0.05) is 19.6 Å². The third-order valence-electron chi connectivity index (χ3n) is 3.40. The first-order valence-electron chi connectivity index (χ1n) is 5.88. The Morgan fingerprint density at radius 1 is 1.44 bits per heavy atom. The Morgan fingerprint density at radius 3 is 2.69 bits per heavy atom. The number of benzene rings is 1. The van der Waals surface area contributed by atoms with Gasteiger partial charge in [-0.3, -0.25) is 0 Å². The van der Waals surface area contributed by atoms with E-state index in [4.69, 9.17) is 0 Å². The molecule has 3 heteroatoms. The zero-order chi connectivity index (χ0) is 11.5. The Balaban J connectivity index is 2.14. The minimum atomic E-state index is -0.109. The first kappa shape index (κ1) is 11.4. The second-order valence-corrected chi connectivity index (χ2v) is 4.51. The summed E-state index contributed by atoms with van der Waals surface area (Å²) in [7, 11) is 3.85. The fourth-order valence-electron chi connectivity index (χ4n) is 2.12. The van der Waals surface area contributed by atoms with Crippen LogP contribution in [0.2, 0.25) is 0 Å². The van der Waals surface area contributed by atoms with Crippen LogP contribution in [0.1, 0.15) is 24.8 Å². The maximum atomic E-state index is 13.9. The highest BCUT2D eigenvalue weighted by Crippen LogP contribution is 2.30. The molecule has 1 fully saturated rings. The summed E-state index contributed by atoms with van der Waals surface area (Å²) in [6.07, 6.45) is 3.65. The summed E-state index contributed by atoms with van der Waals surface area (Å²) in [6.45, 7) is 0.713. The highest BCUT2D eigenvalue weighted by Gasteiger charge is 2.23. The number of rotatable bonds is 4. The van der Waals surface area contributed by atoms with Gasteiger partial charge in [0.1, 0.15) is 5.82 Å². The molecule has 0 saturated heterocycles. The SMILES string of the molecule is CNCc1ccc(N(C)C2CCC2)c(F)c1. The third-order valence-corrected chi connectivity index (χ3v) is 3.40. The van der Waals surface area contributed by atoms with E-state index in [1.807, 2.05) is 26.2 Å². The summed E-state index contributed by atoms with van der Waals surface area (Å²) >= 11 is 0. The lowest BCUT2D eigenvalue weighted by Gasteiger charge is -2.36. The Bertz CT molecular complexity index is 361. The maximum Gasteiger partial charge on any atom is 0.146 e. The van der Waals surface area contributed by atoms with Gasteiger partial charge >= 0.3 is 0 Å². The molecule has 0 bridgehead atoms. The molecule has 1 saturated carbocycles. The van der Waals surface area contributed by atoms with E-state index in [0.717, 1.165) is 11.3 Å². The quantitative estimate of drug-likeness (QED) is 0.842. The van der Waals surface area contributed by atoms with E-state index in [-0.39, 0.29) is 5.82 Å². The molecule has 0 unspecified atom stereocenters. The second-order valence-electron chi connectivity index (χ2n) is 4.51. The minimum absolute atomic E-state index is 0.109. The summed E-state index contributed by atoms with van der Waals surface area (Å²) in [5.41, 5.74) is 1.72. The number of nitrogens with one attached hydrogen (secondary N) is 1. The standard InChI is InChI=1S/C13H19FN2/c1-15-9-10-6-7-13(12(14)8-10)16(2)11-4-3-5-11/h6-8,11,15H,3-5,9H2,1-2H3. The van der Waals surface area contributed by atoms with Gasteiger partial charge in [0.15, 0.2) is 0 Å². The molecular formula is C13H19FN2. The van der Waals surface area contributed by atoms with Crippen molar-refractivity contribution in [3.05, 3.63) is 29.6 Å². The van der Waals surface area contributed by atoms with Gasteiger partial charge in [-0.05, 0) is 44.0 Å². The molecule has 0 atom stereocenters. The minimum Gasteiger partial charge on any atom is -0.369 e. The Hall–Kier alpha value is -1.09. The lowest BCUT2D eigenvalue weighted by atomic mass is 9.91. The number of hydrogen-bond acceptors (Lipinski definition) is 2. The predicted molar refractivity (Wildman–Crippen MR) is 65.2 cm³/mol. The fraction of sp³-hybridized carbons (Fsp3) is 0.538. The van der Waals surface area contributed by atoms with Gasteiger partial charge < -0.3 is 10.2 Å². The van der Waals surface area contributed by atoms with Crippen LogP contribution < -0.4 is 10.2 Å². The fourth-order valence-corrected chi connectivity index (χ4v) is 2.12. The molecule has 0 aliphatic heterocycles. The lowest BCUT2D eigenvalue weighted by Crippen LogP contribution is -2.37. The predicted octanol–water partition coefficient (Wildman–Crippen LogP) is 2.53. The van der Waals surface area contributed by atoms with Crippen LogP contribution >= 0.6 is 0 Å². The molecule has 1 aromatic carbocycles. The number of nitrogens with zero attached hydrogens (tertiary/aromatic N) is 1. The number of hydrogen-bond donors (Lipinski definition) is 1. The molecule has 1 aliphatic carbocycles. The van der Waals surface area contributed by atoms with Crippen LogP contribution in [-0.4, -0.2) is 20.1 Å². The Morgan fingerprint density at radius 2 is 2.19 bits per heavy atom. The summed E-state index contributed by atoms with van der Waals surface area (Å²) in [4.78, 5) is 2.07. The average Bonchev–Trinajstić information content (AvgIpc) is 2.15. The van der Waals surface area contributed by atoms with E-state index >= 15 is 0 Å². The van der Waals surface area contributed by atoms with Gasteiger partial charge in [-0.15, -0.1) is 0 Å². The van der Waals surface area contributed by atoms with Gasteiger partial charge in [0.2, 0.25) is 0 Å². The first-order chi connectivity index (χ1) is 7.72. The first-order valence-corrected chi connectivity index (χ1v) is 5.88. The highest BCUT2D eigenvalue weighted by molar-refractivity contribution is 5.49. The molecule has 0 spiro atoms. The number of anilines is 1. The molecule has 0 heterocycles. The van der Waals surface area contributed by atoms with Crippen LogP contribution in [0.15, 0.2) is 18.2 Å². The van der Waals surface area contributed by atoms with Crippen molar-refractivity contribution < 1.29 is 4.39 Å². The van der Waals surface area contributed by atoms with Gasteiger partial charge in [0.25, 0.3) is 0 Å². The molecular weight excluding hydrogens is 203 g/mol. The van der Waals surface area contributed by atoms with Crippen LogP contribution in [0.5, 0.6) is 0 Å². The molecule has 0 radical (unpaired) electrons. The van der Waals surface area contributed by atoms with E-state index in [1.54, 1.807) is 6.07 Å². The van der Waals surface area contributed by atoms with Crippen LogP contribution in [0.25, 0.3) is 0 Å². The Kier molecular flexibility index (Phi) is 3.44. The number of halogens is 1. The van der Waals surface area contributed by atoms with Crippen molar-refractivity contribution in [2.24, 2.45) is 0 Å². The zero-order valence-electron chi connectivity index (χ0n) is 9.96. The maximum absolute atomic E-state index is 13.9. The smallest absolute Gasteiger partial charge is 0.146 e. The van der Waals surface area contributed by atoms with Crippen molar-refractivity contribution in [1.29, 1.82) is 0 Å². The van der Waals surface area contributed by atoms with Crippen molar-refractivity contribution in [3.63, 3.8) is 0 Å². The van der Waals surface area contributed by atoms with E-state index in [1.165, 1.54) is 19.3 Å². The van der Waals surface area contributed by atoms with Crippen LogP contribution in [0.4, 0.5) is 10.1 Å². The van der Waals surface area contributed by atoms with Crippen LogP contribution in [0, 0.1) is 5.82 Å². The molecule has 1 N–H and O–H groups in total. The largest absolute Gasteiger partial charge is 0.369 e. The molecule has 2 nitrogen and oxygen atoms in total. The summed E-state index contributed by atoms with van der Waals surface area (Å²) in [6, 6.07) is 6.04. The van der Waals surface area contributed by atoms with Crippen LogP contribution in [0.3, 0.4) is 0 Å². The van der Waals surface area contributed by atoms with Crippen LogP contribution in [-0.2, 0) is 6.54 Å². The van der Waals surface area contributed by atoms with E-state index in [2.05, 4.69) is 10.2 Å². The van der Waals surface area contributed by atoms with E-state index < -0.39 is 0 Å². The van der Waals surface area contributed by atoms with Gasteiger partial charge in [0.05, 0.1) is 5.69 Å². The molecule has 16 heavy (non-hydrogen) atoms. The van der Waals surface area contributed by atoms with Gasteiger partial charge in [-0.25, -0.2) is 4.39 Å². The van der Waals surface area contributed by atoms with Crippen molar-refractivity contribution in [2.45, 2.75) is 31.8 Å². The average molecular weight is 222 g/mol. The molecule has 1 aliphatic rings. The van der Waals surface area contributed by atoms with Crippen molar-refractivity contribution >= 4 is 5.69 Å². The van der Waals surface area contributed by atoms with Crippen molar-refractivity contribution in [2.75, 3.05) is 19.0 Å². The van der Waals surface area contributed by atoms with Crippen molar-refractivity contribution in [1.82, 2.24) is 5.32 Å². The Labute approximate surface area is 96.5 Å². The molecule has 88 valence electrons. The third kappa shape index (κ3) is 2.19.